The average molecular weight is 259 g/mol. The molecule has 0 saturated heterocycles. The summed E-state index contributed by atoms with van der Waals surface area (Å²) < 4.78 is 5.59. The van der Waals surface area contributed by atoms with Gasteiger partial charge < -0.3 is 10.5 Å². The summed E-state index contributed by atoms with van der Waals surface area (Å²) in [4.78, 5) is 0. The molecule has 2 N–H and O–H groups in total. The summed E-state index contributed by atoms with van der Waals surface area (Å²) in [6, 6.07) is 14.5. The fourth-order valence-corrected chi connectivity index (χ4v) is 1.80. The normalized spacial score (nSPS) is 9.78. The van der Waals surface area contributed by atoms with Crippen molar-refractivity contribution in [1.29, 1.82) is 5.26 Å². The van der Waals surface area contributed by atoms with Gasteiger partial charge in [0, 0.05) is 0 Å². The number of hydrogen-bond acceptors (Lipinski definition) is 3. The van der Waals surface area contributed by atoms with Crippen LogP contribution in [-0.4, -0.2) is 0 Å². The SMILES string of the molecule is N#Cc1cccc(COc2c(N)cccc2Cl)c1. The van der Waals surface area contributed by atoms with Gasteiger partial charge >= 0.3 is 0 Å². The Labute approximate surface area is 110 Å². The van der Waals surface area contributed by atoms with Gasteiger partial charge in [0.25, 0.3) is 0 Å². The number of hydrogen-bond donors (Lipinski definition) is 1. The van der Waals surface area contributed by atoms with Gasteiger partial charge in [-0.3, -0.25) is 0 Å². The number of ether oxygens (including phenoxy) is 1. The molecule has 0 saturated carbocycles. The maximum Gasteiger partial charge on any atom is 0.161 e. The predicted molar refractivity (Wildman–Crippen MR) is 71.4 cm³/mol. The molecule has 0 heterocycles. The molecule has 2 rings (SSSR count). The van der Waals surface area contributed by atoms with Crippen LogP contribution in [0.2, 0.25) is 5.02 Å². The smallest absolute Gasteiger partial charge is 0.161 e. The fraction of sp³-hybridized carbons (Fsp3) is 0.0714. The third-order valence-electron chi connectivity index (χ3n) is 2.44. The van der Waals surface area contributed by atoms with Gasteiger partial charge in [-0.25, -0.2) is 0 Å². The van der Waals surface area contributed by atoms with Crippen molar-refractivity contribution in [3.63, 3.8) is 0 Å². The van der Waals surface area contributed by atoms with Gasteiger partial charge in [0.15, 0.2) is 5.75 Å². The lowest BCUT2D eigenvalue weighted by Crippen LogP contribution is -1.99. The molecule has 0 radical (unpaired) electrons. The number of anilines is 1. The summed E-state index contributed by atoms with van der Waals surface area (Å²) in [5.41, 5.74) is 7.78. The van der Waals surface area contributed by atoms with Gasteiger partial charge in [-0.15, -0.1) is 0 Å². The van der Waals surface area contributed by atoms with Crippen LogP contribution in [0.1, 0.15) is 11.1 Å². The molecule has 0 spiro atoms. The number of benzene rings is 2. The van der Waals surface area contributed by atoms with Crippen molar-refractivity contribution in [2.24, 2.45) is 0 Å². The van der Waals surface area contributed by atoms with Crippen molar-refractivity contribution < 1.29 is 4.74 Å². The molecule has 0 bridgehead atoms. The minimum atomic E-state index is 0.323. The van der Waals surface area contributed by atoms with E-state index in [2.05, 4.69) is 6.07 Å². The van der Waals surface area contributed by atoms with E-state index in [1.54, 1.807) is 30.3 Å². The van der Waals surface area contributed by atoms with E-state index < -0.39 is 0 Å². The number of nitrogens with two attached hydrogens (primary N) is 1. The quantitative estimate of drug-likeness (QED) is 0.859. The lowest BCUT2D eigenvalue weighted by molar-refractivity contribution is 0.308. The van der Waals surface area contributed by atoms with Crippen molar-refractivity contribution in [3.8, 4) is 11.8 Å². The van der Waals surface area contributed by atoms with Gasteiger partial charge in [-0.2, -0.15) is 5.26 Å². The van der Waals surface area contributed by atoms with Gasteiger partial charge in [-0.05, 0) is 29.8 Å². The average Bonchev–Trinajstić information content (AvgIpc) is 2.38. The van der Waals surface area contributed by atoms with E-state index in [-0.39, 0.29) is 0 Å². The summed E-state index contributed by atoms with van der Waals surface area (Å²) in [6.07, 6.45) is 0. The van der Waals surface area contributed by atoms with Crippen LogP contribution in [0, 0.1) is 11.3 Å². The van der Waals surface area contributed by atoms with Crippen LogP contribution in [0.5, 0.6) is 5.75 Å². The molecular formula is C14H11ClN2O. The minimum Gasteiger partial charge on any atom is -0.485 e. The van der Waals surface area contributed by atoms with E-state index in [9.17, 15) is 0 Å². The van der Waals surface area contributed by atoms with E-state index in [1.165, 1.54) is 0 Å². The van der Waals surface area contributed by atoms with Crippen molar-refractivity contribution in [2.45, 2.75) is 6.61 Å². The molecule has 90 valence electrons. The van der Waals surface area contributed by atoms with Gasteiger partial charge in [-0.1, -0.05) is 29.8 Å². The maximum atomic E-state index is 8.80. The lowest BCUT2D eigenvalue weighted by atomic mass is 10.1. The summed E-state index contributed by atoms with van der Waals surface area (Å²) in [5.74, 6) is 0.474. The first-order valence-corrected chi connectivity index (χ1v) is 5.74. The third-order valence-corrected chi connectivity index (χ3v) is 2.73. The Hall–Kier alpha value is -2.18. The number of rotatable bonds is 3. The van der Waals surface area contributed by atoms with Crippen molar-refractivity contribution in [2.75, 3.05) is 5.73 Å². The van der Waals surface area contributed by atoms with E-state index in [4.69, 9.17) is 27.3 Å². The standard InChI is InChI=1S/C14H11ClN2O/c15-12-5-2-6-13(17)14(12)18-9-11-4-1-3-10(7-11)8-16/h1-7H,9,17H2. The van der Waals surface area contributed by atoms with Gasteiger partial charge in [0.1, 0.15) is 6.61 Å². The minimum absolute atomic E-state index is 0.323. The Morgan fingerprint density at radius 2 is 2.00 bits per heavy atom. The van der Waals surface area contributed by atoms with E-state index >= 15 is 0 Å². The molecule has 0 aromatic heterocycles. The third kappa shape index (κ3) is 2.73. The Balaban J connectivity index is 2.14. The van der Waals surface area contributed by atoms with Crippen molar-refractivity contribution in [1.82, 2.24) is 0 Å². The molecule has 0 aliphatic heterocycles. The zero-order valence-corrected chi connectivity index (χ0v) is 10.3. The van der Waals surface area contributed by atoms with Crippen LogP contribution in [-0.2, 0) is 6.61 Å². The van der Waals surface area contributed by atoms with Crippen molar-refractivity contribution in [3.05, 3.63) is 58.6 Å². The van der Waals surface area contributed by atoms with Crippen LogP contribution >= 0.6 is 11.6 Å². The summed E-state index contributed by atoms with van der Waals surface area (Å²) in [5, 5.41) is 9.28. The second-order valence-corrected chi connectivity index (χ2v) is 4.17. The number of nitrogens with zero attached hydrogens (tertiary/aromatic N) is 1. The first kappa shape index (κ1) is 12.3. The zero-order chi connectivity index (χ0) is 13.0. The highest BCUT2D eigenvalue weighted by Crippen LogP contribution is 2.31. The number of nitrogen functional groups attached to an aromatic ring is 1. The Morgan fingerprint density at radius 3 is 2.72 bits per heavy atom. The molecule has 0 atom stereocenters. The van der Waals surface area contributed by atoms with E-state index in [0.717, 1.165) is 5.56 Å². The molecule has 18 heavy (non-hydrogen) atoms. The van der Waals surface area contributed by atoms with Gasteiger partial charge in [0.05, 0.1) is 22.3 Å². The summed E-state index contributed by atoms with van der Waals surface area (Å²) in [6.45, 7) is 0.323. The maximum absolute atomic E-state index is 8.80. The topological polar surface area (TPSA) is 59.0 Å². The molecule has 3 nitrogen and oxygen atoms in total. The number of halogens is 1. The monoisotopic (exact) mass is 258 g/mol. The van der Waals surface area contributed by atoms with E-state index in [1.807, 2.05) is 12.1 Å². The Morgan fingerprint density at radius 1 is 1.22 bits per heavy atom. The summed E-state index contributed by atoms with van der Waals surface area (Å²) >= 11 is 6.00. The molecule has 4 heteroatoms. The Kier molecular flexibility index (Phi) is 3.71. The highest BCUT2D eigenvalue weighted by molar-refractivity contribution is 6.32. The molecule has 0 aliphatic carbocycles. The van der Waals surface area contributed by atoms with Crippen LogP contribution in [0.25, 0.3) is 0 Å². The highest BCUT2D eigenvalue weighted by Gasteiger charge is 2.06. The van der Waals surface area contributed by atoms with Gasteiger partial charge in [0.2, 0.25) is 0 Å². The van der Waals surface area contributed by atoms with Crippen LogP contribution < -0.4 is 10.5 Å². The van der Waals surface area contributed by atoms with Crippen molar-refractivity contribution >= 4 is 17.3 Å². The molecule has 2 aromatic carbocycles. The Bertz CT molecular complexity index is 585. The molecule has 2 aromatic rings. The first-order valence-electron chi connectivity index (χ1n) is 5.36. The molecule has 0 aliphatic rings. The fourth-order valence-electron chi connectivity index (χ4n) is 1.56. The molecule has 0 unspecified atom stereocenters. The molecular weight excluding hydrogens is 248 g/mol. The second kappa shape index (κ2) is 5.44. The number of nitriles is 1. The predicted octanol–water partition coefficient (Wildman–Crippen LogP) is 3.37. The lowest BCUT2D eigenvalue weighted by Gasteiger charge is -2.10. The number of para-hydroxylation sites is 1. The van der Waals surface area contributed by atoms with Crippen LogP contribution in [0.4, 0.5) is 5.69 Å². The largest absolute Gasteiger partial charge is 0.485 e. The highest BCUT2D eigenvalue weighted by atomic mass is 35.5. The van der Waals surface area contributed by atoms with E-state index in [0.29, 0.717) is 28.6 Å². The second-order valence-electron chi connectivity index (χ2n) is 3.76. The molecule has 0 amide bonds. The summed E-state index contributed by atoms with van der Waals surface area (Å²) in [7, 11) is 0. The van der Waals surface area contributed by atoms with Crippen LogP contribution in [0.15, 0.2) is 42.5 Å². The van der Waals surface area contributed by atoms with Crippen LogP contribution in [0.3, 0.4) is 0 Å². The first-order chi connectivity index (χ1) is 8.70. The molecule has 0 fully saturated rings. The zero-order valence-electron chi connectivity index (χ0n) is 9.56.